The largest absolute Gasteiger partial charge is 0.221 e. The molecular formula is C10H4Br2F2N2. The molecule has 0 fully saturated rings. The summed E-state index contributed by atoms with van der Waals surface area (Å²) in [6.07, 6.45) is 0. The summed E-state index contributed by atoms with van der Waals surface area (Å²) in [4.78, 5) is 8.06. The van der Waals surface area contributed by atoms with E-state index in [4.69, 9.17) is 0 Å². The van der Waals surface area contributed by atoms with Crippen LogP contribution in [0.25, 0.3) is 11.4 Å². The molecule has 16 heavy (non-hydrogen) atoms. The third-order valence-corrected chi connectivity index (χ3v) is 2.60. The van der Waals surface area contributed by atoms with E-state index >= 15 is 0 Å². The van der Waals surface area contributed by atoms with Crippen LogP contribution in [0.5, 0.6) is 0 Å². The molecule has 0 aliphatic carbocycles. The molecule has 2 aromatic rings. The van der Waals surface area contributed by atoms with Gasteiger partial charge in [-0.05, 0) is 44.0 Å². The lowest BCUT2D eigenvalue weighted by atomic mass is 10.2. The average molecular weight is 350 g/mol. The number of halogens is 4. The Balaban J connectivity index is 2.57. The lowest BCUT2D eigenvalue weighted by Gasteiger charge is -2.02. The minimum Gasteiger partial charge on any atom is -0.221 e. The predicted octanol–water partition coefficient (Wildman–Crippen LogP) is 3.95. The van der Waals surface area contributed by atoms with E-state index < -0.39 is 11.6 Å². The van der Waals surface area contributed by atoms with E-state index in [1.165, 1.54) is 12.1 Å². The van der Waals surface area contributed by atoms with E-state index in [2.05, 4.69) is 41.8 Å². The van der Waals surface area contributed by atoms with Crippen molar-refractivity contribution in [3.8, 4) is 11.4 Å². The normalized spacial score (nSPS) is 10.5. The summed E-state index contributed by atoms with van der Waals surface area (Å²) in [6.45, 7) is 0. The Hall–Kier alpha value is -0.880. The molecule has 0 aliphatic rings. The Morgan fingerprint density at radius 3 is 1.81 bits per heavy atom. The minimum absolute atomic E-state index is 0.250. The highest BCUT2D eigenvalue weighted by molar-refractivity contribution is 9.11. The number of benzene rings is 1. The molecule has 0 N–H and O–H groups in total. The molecular weight excluding hydrogens is 346 g/mol. The summed E-state index contributed by atoms with van der Waals surface area (Å²) in [5.41, 5.74) is 0.291. The highest BCUT2D eigenvalue weighted by Gasteiger charge is 2.07. The fourth-order valence-corrected chi connectivity index (χ4v) is 2.28. The lowest BCUT2D eigenvalue weighted by molar-refractivity contribution is 0.584. The van der Waals surface area contributed by atoms with Crippen LogP contribution < -0.4 is 0 Å². The van der Waals surface area contributed by atoms with Crippen LogP contribution in [0.15, 0.2) is 33.5 Å². The van der Waals surface area contributed by atoms with Gasteiger partial charge in [0.15, 0.2) is 5.82 Å². The van der Waals surface area contributed by atoms with E-state index in [1.807, 2.05) is 0 Å². The molecule has 1 heterocycles. The van der Waals surface area contributed by atoms with Crippen LogP contribution >= 0.6 is 31.9 Å². The van der Waals surface area contributed by atoms with Gasteiger partial charge in [0.05, 0.1) is 0 Å². The Labute approximate surface area is 107 Å². The monoisotopic (exact) mass is 348 g/mol. The first-order valence-electron chi connectivity index (χ1n) is 4.21. The third-order valence-electron chi connectivity index (χ3n) is 1.78. The van der Waals surface area contributed by atoms with Crippen molar-refractivity contribution in [3.63, 3.8) is 0 Å². The molecule has 1 aromatic carbocycles. The Morgan fingerprint density at radius 2 is 1.31 bits per heavy atom. The van der Waals surface area contributed by atoms with Crippen molar-refractivity contribution < 1.29 is 8.78 Å². The van der Waals surface area contributed by atoms with Crippen LogP contribution in [-0.4, -0.2) is 9.97 Å². The minimum atomic E-state index is -0.658. The Morgan fingerprint density at radius 1 is 0.812 bits per heavy atom. The summed E-state index contributed by atoms with van der Waals surface area (Å²) in [7, 11) is 0. The van der Waals surface area contributed by atoms with Crippen molar-refractivity contribution in [2.75, 3.05) is 0 Å². The Kier molecular flexibility index (Phi) is 3.30. The topological polar surface area (TPSA) is 25.8 Å². The van der Waals surface area contributed by atoms with Crippen LogP contribution in [0.1, 0.15) is 0 Å². The third kappa shape index (κ3) is 2.62. The molecule has 0 bridgehead atoms. The number of hydrogen-bond donors (Lipinski definition) is 0. The maximum absolute atomic E-state index is 13.0. The molecule has 0 spiro atoms. The van der Waals surface area contributed by atoms with Gasteiger partial charge >= 0.3 is 0 Å². The summed E-state index contributed by atoms with van der Waals surface area (Å²) >= 11 is 6.36. The first kappa shape index (κ1) is 11.6. The molecule has 0 saturated heterocycles. The van der Waals surface area contributed by atoms with Crippen molar-refractivity contribution >= 4 is 31.9 Å². The van der Waals surface area contributed by atoms with Gasteiger partial charge in [-0.3, -0.25) is 0 Å². The summed E-state index contributed by atoms with van der Waals surface area (Å²) in [5.74, 6) is -1.07. The molecule has 0 unspecified atom stereocenters. The van der Waals surface area contributed by atoms with Crippen LogP contribution in [0.4, 0.5) is 8.78 Å². The Bertz CT molecular complexity index is 456. The van der Waals surface area contributed by atoms with Crippen molar-refractivity contribution in [1.82, 2.24) is 9.97 Å². The van der Waals surface area contributed by atoms with Crippen molar-refractivity contribution in [1.29, 1.82) is 0 Å². The molecule has 2 rings (SSSR count). The molecule has 0 atom stereocenters. The fraction of sp³-hybridized carbons (Fsp3) is 0. The van der Waals surface area contributed by atoms with Crippen molar-refractivity contribution in [3.05, 3.63) is 45.1 Å². The zero-order valence-electron chi connectivity index (χ0n) is 7.72. The average Bonchev–Trinajstić information content (AvgIpc) is 2.14. The molecule has 6 heteroatoms. The van der Waals surface area contributed by atoms with E-state index in [0.29, 0.717) is 14.8 Å². The van der Waals surface area contributed by atoms with Gasteiger partial charge in [0.25, 0.3) is 0 Å². The van der Waals surface area contributed by atoms with Gasteiger partial charge in [-0.15, -0.1) is 0 Å². The highest BCUT2D eigenvalue weighted by Crippen LogP contribution is 2.22. The molecule has 0 amide bonds. The summed E-state index contributed by atoms with van der Waals surface area (Å²) in [6, 6.07) is 4.80. The predicted molar refractivity (Wildman–Crippen MR) is 62.8 cm³/mol. The second kappa shape index (κ2) is 4.55. The van der Waals surface area contributed by atoms with Gasteiger partial charge in [-0.2, -0.15) is 0 Å². The molecule has 0 aliphatic heterocycles. The number of hydrogen-bond acceptors (Lipinski definition) is 2. The van der Waals surface area contributed by atoms with Crippen molar-refractivity contribution in [2.45, 2.75) is 0 Å². The van der Waals surface area contributed by atoms with Gasteiger partial charge in [0.2, 0.25) is 0 Å². The van der Waals surface area contributed by atoms with Gasteiger partial charge in [-0.1, -0.05) is 0 Å². The van der Waals surface area contributed by atoms with Crippen LogP contribution in [-0.2, 0) is 0 Å². The summed E-state index contributed by atoms with van der Waals surface area (Å²) in [5, 5.41) is 0. The van der Waals surface area contributed by atoms with Crippen LogP contribution in [0, 0.1) is 11.6 Å². The van der Waals surface area contributed by atoms with Gasteiger partial charge in [-0.25, -0.2) is 18.7 Å². The zero-order valence-corrected chi connectivity index (χ0v) is 10.9. The lowest BCUT2D eigenvalue weighted by Crippen LogP contribution is -1.92. The SMILES string of the molecule is Fc1cc(F)cc(-c2nc(Br)cc(Br)n2)c1. The maximum Gasteiger partial charge on any atom is 0.161 e. The quantitative estimate of drug-likeness (QED) is 0.728. The van der Waals surface area contributed by atoms with E-state index in [9.17, 15) is 8.78 Å². The van der Waals surface area contributed by atoms with Gasteiger partial charge < -0.3 is 0 Å². The second-order valence-corrected chi connectivity index (χ2v) is 4.62. The first-order chi connectivity index (χ1) is 7.54. The van der Waals surface area contributed by atoms with E-state index in [-0.39, 0.29) is 5.82 Å². The number of rotatable bonds is 1. The molecule has 0 radical (unpaired) electrons. The van der Waals surface area contributed by atoms with Crippen LogP contribution in [0.3, 0.4) is 0 Å². The second-order valence-electron chi connectivity index (χ2n) is 3.00. The molecule has 82 valence electrons. The van der Waals surface area contributed by atoms with Gasteiger partial charge in [0, 0.05) is 17.7 Å². The van der Waals surface area contributed by atoms with Gasteiger partial charge in [0.1, 0.15) is 20.8 Å². The maximum atomic E-state index is 13.0. The molecule has 0 saturated carbocycles. The van der Waals surface area contributed by atoms with E-state index in [1.54, 1.807) is 6.07 Å². The number of aromatic nitrogens is 2. The highest BCUT2D eigenvalue weighted by atomic mass is 79.9. The number of nitrogens with zero attached hydrogens (tertiary/aromatic N) is 2. The first-order valence-corrected chi connectivity index (χ1v) is 5.80. The van der Waals surface area contributed by atoms with E-state index in [0.717, 1.165) is 6.07 Å². The molecule has 1 aromatic heterocycles. The molecule has 2 nitrogen and oxygen atoms in total. The van der Waals surface area contributed by atoms with Crippen LogP contribution in [0.2, 0.25) is 0 Å². The summed E-state index contributed by atoms with van der Waals surface area (Å²) < 4.78 is 27.1. The smallest absolute Gasteiger partial charge is 0.161 e. The standard InChI is InChI=1S/C10H4Br2F2N2/c11-8-4-9(12)16-10(15-8)5-1-6(13)3-7(14)2-5/h1-4H. The zero-order chi connectivity index (χ0) is 11.7. The fourth-order valence-electron chi connectivity index (χ4n) is 1.20. The van der Waals surface area contributed by atoms with Crippen molar-refractivity contribution in [2.24, 2.45) is 0 Å².